The molecule has 0 saturated carbocycles. The molecule has 5 heteroatoms. The third-order valence-corrected chi connectivity index (χ3v) is 3.64. The summed E-state index contributed by atoms with van der Waals surface area (Å²) in [5.74, 6) is 1.34. The number of fused-ring (bicyclic) bond motifs is 1. The van der Waals surface area contributed by atoms with E-state index in [0.29, 0.717) is 5.82 Å². The molecule has 0 fully saturated rings. The van der Waals surface area contributed by atoms with E-state index in [1.54, 1.807) is 7.05 Å². The summed E-state index contributed by atoms with van der Waals surface area (Å²) in [6.45, 7) is 0.242. The van der Waals surface area contributed by atoms with Crippen LogP contribution in [0.15, 0.2) is 54.6 Å². The van der Waals surface area contributed by atoms with Gasteiger partial charge in [0.15, 0.2) is 5.82 Å². The van der Waals surface area contributed by atoms with E-state index in [-0.39, 0.29) is 12.5 Å². The molecule has 1 amide bonds. The first-order valence-electron chi connectivity index (χ1n) is 7.43. The molecule has 2 aromatic carbocycles. The number of hydrogen-bond donors (Lipinski definition) is 1. The summed E-state index contributed by atoms with van der Waals surface area (Å²) in [6, 6.07) is 17.7. The van der Waals surface area contributed by atoms with Crippen molar-refractivity contribution >= 4 is 22.6 Å². The lowest BCUT2D eigenvalue weighted by atomic mass is 10.2. The monoisotopic (exact) mass is 306 g/mol. The minimum absolute atomic E-state index is 0.0588. The highest BCUT2D eigenvalue weighted by Gasteiger charge is 2.14. The third kappa shape index (κ3) is 3.13. The van der Waals surface area contributed by atoms with Crippen molar-refractivity contribution in [1.82, 2.24) is 15.3 Å². The number of hydrogen-bond acceptors (Lipinski definition) is 4. The zero-order valence-corrected chi connectivity index (χ0v) is 13.2. The van der Waals surface area contributed by atoms with Gasteiger partial charge in [0, 0.05) is 25.0 Å². The average molecular weight is 306 g/mol. The lowest BCUT2D eigenvalue weighted by Crippen LogP contribution is -2.33. The van der Waals surface area contributed by atoms with Crippen molar-refractivity contribution in [3.8, 4) is 11.4 Å². The fourth-order valence-electron chi connectivity index (χ4n) is 2.44. The Hall–Kier alpha value is -2.95. The summed E-state index contributed by atoms with van der Waals surface area (Å²) in [5, 5.41) is 3.57. The minimum Gasteiger partial charge on any atom is -0.358 e. The maximum absolute atomic E-state index is 11.7. The molecule has 0 aliphatic rings. The highest BCUT2D eigenvalue weighted by Crippen LogP contribution is 2.26. The summed E-state index contributed by atoms with van der Waals surface area (Å²) in [6.07, 6.45) is 0. The van der Waals surface area contributed by atoms with Gasteiger partial charge in [-0.15, -0.1) is 0 Å². The van der Waals surface area contributed by atoms with Gasteiger partial charge in [-0.1, -0.05) is 42.5 Å². The predicted molar refractivity (Wildman–Crippen MR) is 92.3 cm³/mol. The van der Waals surface area contributed by atoms with Crippen molar-refractivity contribution in [2.24, 2.45) is 0 Å². The second-order valence-corrected chi connectivity index (χ2v) is 5.28. The first kappa shape index (κ1) is 15.0. The van der Waals surface area contributed by atoms with Crippen LogP contribution in [0.25, 0.3) is 22.3 Å². The van der Waals surface area contributed by atoms with Gasteiger partial charge in [-0.05, 0) is 12.1 Å². The summed E-state index contributed by atoms with van der Waals surface area (Å²) in [4.78, 5) is 22.9. The maximum Gasteiger partial charge on any atom is 0.239 e. The van der Waals surface area contributed by atoms with E-state index < -0.39 is 0 Å². The lowest BCUT2D eigenvalue weighted by Gasteiger charge is -2.19. The Balaban J connectivity index is 2.13. The minimum atomic E-state index is -0.0588. The van der Waals surface area contributed by atoms with Gasteiger partial charge in [-0.3, -0.25) is 4.79 Å². The molecule has 0 saturated heterocycles. The van der Waals surface area contributed by atoms with Crippen molar-refractivity contribution < 1.29 is 4.79 Å². The first-order valence-corrected chi connectivity index (χ1v) is 7.43. The van der Waals surface area contributed by atoms with E-state index in [4.69, 9.17) is 4.98 Å². The van der Waals surface area contributed by atoms with E-state index in [1.807, 2.05) is 66.5 Å². The van der Waals surface area contributed by atoms with Crippen molar-refractivity contribution in [1.29, 1.82) is 0 Å². The fourth-order valence-corrected chi connectivity index (χ4v) is 2.44. The number of carbonyl (C=O) groups is 1. The number of nitrogens with one attached hydrogen (secondary N) is 1. The van der Waals surface area contributed by atoms with Crippen molar-refractivity contribution in [3.05, 3.63) is 54.6 Å². The molecule has 0 spiro atoms. The summed E-state index contributed by atoms with van der Waals surface area (Å²) >= 11 is 0. The summed E-state index contributed by atoms with van der Waals surface area (Å²) in [5.41, 5.74) is 1.81. The van der Waals surface area contributed by atoms with Crippen LogP contribution < -0.4 is 10.2 Å². The molecule has 23 heavy (non-hydrogen) atoms. The second-order valence-electron chi connectivity index (χ2n) is 5.28. The number of benzene rings is 2. The Bertz CT molecular complexity index is 833. The number of rotatable bonds is 4. The van der Waals surface area contributed by atoms with Crippen LogP contribution in [0.2, 0.25) is 0 Å². The zero-order chi connectivity index (χ0) is 16.2. The molecule has 1 N–H and O–H groups in total. The molecule has 5 nitrogen and oxygen atoms in total. The van der Waals surface area contributed by atoms with Crippen molar-refractivity contribution in [3.63, 3.8) is 0 Å². The number of para-hydroxylation sites is 1. The molecule has 0 bridgehead atoms. The van der Waals surface area contributed by atoms with Crippen LogP contribution >= 0.6 is 0 Å². The smallest absolute Gasteiger partial charge is 0.239 e. The molecule has 0 aliphatic carbocycles. The Labute approximate surface area is 135 Å². The van der Waals surface area contributed by atoms with Gasteiger partial charge in [-0.25, -0.2) is 9.97 Å². The Morgan fingerprint density at radius 1 is 1.04 bits per heavy atom. The molecule has 1 heterocycles. The Morgan fingerprint density at radius 2 is 1.74 bits per heavy atom. The molecular formula is C18H18N4O. The molecular weight excluding hydrogens is 288 g/mol. The highest BCUT2D eigenvalue weighted by atomic mass is 16.1. The van der Waals surface area contributed by atoms with Crippen LogP contribution in [0.1, 0.15) is 0 Å². The normalized spacial score (nSPS) is 10.5. The van der Waals surface area contributed by atoms with Crippen LogP contribution in [0.3, 0.4) is 0 Å². The second kappa shape index (κ2) is 6.44. The van der Waals surface area contributed by atoms with Crippen LogP contribution in [0.5, 0.6) is 0 Å². The molecule has 1 aromatic heterocycles. The van der Waals surface area contributed by atoms with Crippen LogP contribution in [-0.4, -0.2) is 36.5 Å². The van der Waals surface area contributed by atoms with E-state index >= 15 is 0 Å². The molecule has 116 valence electrons. The molecule has 0 atom stereocenters. The fraction of sp³-hybridized carbons (Fsp3) is 0.167. The summed E-state index contributed by atoms with van der Waals surface area (Å²) < 4.78 is 0. The van der Waals surface area contributed by atoms with E-state index in [1.165, 1.54) is 0 Å². The number of aromatic nitrogens is 2. The van der Waals surface area contributed by atoms with Gasteiger partial charge in [0.05, 0.1) is 12.1 Å². The molecule has 3 rings (SSSR count). The van der Waals surface area contributed by atoms with E-state index in [9.17, 15) is 4.79 Å². The SMILES string of the molecule is CNC(=O)CN(C)c1nc(-c2ccccc2)nc2ccccc12. The summed E-state index contributed by atoms with van der Waals surface area (Å²) in [7, 11) is 3.49. The quantitative estimate of drug-likeness (QED) is 0.804. The average Bonchev–Trinajstić information content (AvgIpc) is 2.61. The maximum atomic E-state index is 11.7. The van der Waals surface area contributed by atoms with Crippen molar-refractivity contribution in [2.45, 2.75) is 0 Å². The standard InChI is InChI=1S/C18H18N4O/c1-19-16(23)12-22(2)18-14-10-6-7-11-15(14)20-17(21-18)13-8-4-3-5-9-13/h3-11H,12H2,1-2H3,(H,19,23). The van der Waals surface area contributed by atoms with Crippen molar-refractivity contribution in [2.75, 3.05) is 25.5 Å². The number of carbonyl (C=O) groups excluding carboxylic acids is 1. The lowest BCUT2D eigenvalue weighted by molar-refractivity contribution is -0.119. The number of anilines is 1. The van der Waals surface area contributed by atoms with Gasteiger partial charge in [0.1, 0.15) is 5.82 Å². The first-order chi connectivity index (χ1) is 11.2. The zero-order valence-electron chi connectivity index (χ0n) is 13.2. The van der Waals surface area contributed by atoms with E-state index in [2.05, 4.69) is 10.3 Å². The molecule has 0 unspecified atom stereocenters. The van der Waals surface area contributed by atoms with Gasteiger partial charge in [0.2, 0.25) is 5.91 Å². The van der Waals surface area contributed by atoms with Gasteiger partial charge in [-0.2, -0.15) is 0 Å². The number of amides is 1. The predicted octanol–water partition coefficient (Wildman–Crippen LogP) is 2.48. The Kier molecular flexibility index (Phi) is 4.19. The van der Waals surface area contributed by atoms with Gasteiger partial charge >= 0.3 is 0 Å². The Morgan fingerprint density at radius 3 is 2.48 bits per heavy atom. The number of likely N-dealkylation sites (N-methyl/N-ethyl adjacent to an activating group) is 2. The largest absolute Gasteiger partial charge is 0.358 e. The molecule has 0 aliphatic heterocycles. The van der Waals surface area contributed by atoms with Crippen LogP contribution in [-0.2, 0) is 4.79 Å². The third-order valence-electron chi connectivity index (χ3n) is 3.64. The van der Waals surface area contributed by atoms with Gasteiger partial charge in [0.25, 0.3) is 0 Å². The van der Waals surface area contributed by atoms with Crippen LogP contribution in [0, 0.1) is 0 Å². The number of nitrogens with zero attached hydrogens (tertiary/aromatic N) is 3. The molecule has 0 radical (unpaired) electrons. The highest BCUT2D eigenvalue weighted by molar-refractivity contribution is 5.92. The molecule has 3 aromatic rings. The van der Waals surface area contributed by atoms with E-state index in [0.717, 1.165) is 22.3 Å². The topological polar surface area (TPSA) is 58.1 Å². The van der Waals surface area contributed by atoms with Gasteiger partial charge < -0.3 is 10.2 Å². The van der Waals surface area contributed by atoms with Crippen LogP contribution in [0.4, 0.5) is 5.82 Å².